The maximum absolute atomic E-state index is 13.0. The number of hydrogen-bond donors (Lipinski definition) is 2. The SMILES string of the molecule is Cc1nc([C@@H]2C[C@H](NC(=O)CC(C)C)CN2C(=O)CCc2ccccc2)n[nH]1. The average Bonchev–Trinajstić information content (AvgIpc) is 3.26. The van der Waals surface area contributed by atoms with Crippen molar-refractivity contribution in [1.82, 2.24) is 25.4 Å². The molecule has 28 heavy (non-hydrogen) atoms. The highest BCUT2D eigenvalue weighted by molar-refractivity contribution is 5.78. The minimum absolute atomic E-state index is 0.0310. The number of amides is 2. The van der Waals surface area contributed by atoms with Crippen molar-refractivity contribution in [3.8, 4) is 0 Å². The topological polar surface area (TPSA) is 91.0 Å². The number of aromatic nitrogens is 3. The Bertz CT molecular complexity index is 802. The van der Waals surface area contributed by atoms with Crippen molar-refractivity contribution in [3.63, 3.8) is 0 Å². The number of benzene rings is 1. The summed E-state index contributed by atoms with van der Waals surface area (Å²) >= 11 is 0. The van der Waals surface area contributed by atoms with E-state index in [1.54, 1.807) is 0 Å². The van der Waals surface area contributed by atoms with Gasteiger partial charge in [0.15, 0.2) is 5.82 Å². The largest absolute Gasteiger partial charge is 0.351 e. The predicted octanol–water partition coefficient (Wildman–Crippen LogP) is 2.55. The maximum Gasteiger partial charge on any atom is 0.223 e. The van der Waals surface area contributed by atoms with E-state index >= 15 is 0 Å². The molecule has 3 rings (SSSR count). The number of aromatic amines is 1. The van der Waals surface area contributed by atoms with Crippen LogP contribution >= 0.6 is 0 Å². The van der Waals surface area contributed by atoms with Crippen molar-refractivity contribution < 1.29 is 9.59 Å². The molecule has 1 saturated heterocycles. The molecule has 0 radical (unpaired) electrons. The molecule has 7 nitrogen and oxygen atoms in total. The third-order valence-corrected chi connectivity index (χ3v) is 4.96. The quantitative estimate of drug-likeness (QED) is 0.769. The monoisotopic (exact) mass is 383 g/mol. The van der Waals surface area contributed by atoms with E-state index in [1.807, 2.05) is 56.0 Å². The lowest BCUT2D eigenvalue weighted by molar-refractivity contribution is -0.132. The normalized spacial score (nSPS) is 19.2. The first-order chi connectivity index (χ1) is 13.4. The Kier molecular flexibility index (Phi) is 6.44. The van der Waals surface area contributed by atoms with Crippen LogP contribution in [0.2, 0.25) is 0 Å². The Balaban J connectivity index is 1.68. The van der Waals surface area contributed by atoms with Gasteiger partial charge in [-0.15, -0.1) is 0 Å². The molecule has 2 aromatic rings. The van der Waals surface area contributed by atoms with Gasteiger partial charge >= 0.3 is 0 Å². The van der Waals surface area contributed by atoms with Crippen LogP contribution < -0.4 is 5.32 Å². The van der Waals surface area contributed by atoms with Crippen molar-refractivity contribution >= 4 is 11.8 Å². The minimum Gasteiger partial charge on any atom is -0.351 e. The van der Waals surface area contributed by atoms with Gasteiger partial charge in [-0.05, 0) is 31.2 Å². The summed E-state index contributed by atoms with van der Waals surface area (Å²) < 4.78 is 0. The number of likely N-dealkylation sites (tertiary alicyclic amines) is 1. The summed E-state index contributed by atoms with van der Waals surface area (Å²) in [7, 11) is 0. The summed E-state index contributed by atoms with van der Waals surface area (Å²) in [6.45, 7) is 6.38. The molecule has 1 aliphatic rings. The second-order valence-corrected chi connectivity index (χ2v) is 7.92. The van der Waals surface area contributed by atoms with E-state index in [-0.39, 0.29) is 23.9 Å². The molecule has 150 valence electrons. The fraction of sp³-hybridized carbons (Fsp3) is 0.524. The molecule has 2 amide bonds. The number of carbonyl (C=O) groups is 2. The molecule has 1 aromatic heterocycles. The van der Waals surface area contributed by atoms with Crippen molar-refractivity contribution in [2.45, 2.75) is 58.5 Å². The number of rotatable bonds is 7. The van der Waals surface area contributed by atoms with Crippen molar-refractivity contribution in [3.05, 3.63) is 47.5 Å². The fourth-order valence-electron chi connectivity index (χ4n) is 3.67. The number of H-pyrrole nitrogens is 1. The zero-order valence-corrected chi connectivity index (χ0v) is 16.8. The van der Waals surface area contributed by atoms with Crippen LogP contribution in [-0.2, 0) is 16.0 Å². The number of carbonyl (C=O) groups excluding carboxylic acids is 2. The molecule has 0 saturated carbocycles. The van der Waals surface area contributed by atoms with Crippen LogP contribution in [-0.4, -0.2) is 44.5 Å². The highest BCUT2D eigenvalue weighted by atomic mass is 16.2. The van der Waals surface area contributed by atoms with Crippen molar-refractivity contribution in [2.24, 2.45) is 5.92 Å². The van der Waals surface area contributed by atoms with Crippen molar-refractivity contribution in [2.75, 3.05) is 6.54 Å². The van der Waals surface area contributed by atoms with Gasteiger partial charge in [0.1, 0.15) is 5.82 Å². The summed E-state index contributed by atoms with van der Waals surface area (Å²) in [5.41, 5.74) is 1.14. The molecule has 7 heteroatoms. The summed E-state index contributed by atoms with van der Waals surface area (Å²) in [6.07, 6.45) is 2.25. The molecule has 0 aliphatic carbocycles. The molecular formula is C21H29N5O2. The van der Waals surface area contributed by atoms with Crippen molar-refractivity contribution in [1.29, 1.82) is 0 Å². The Morgan fingerprint density at radius 2 is 2.04 bits per heavy atom. The fourth-order valence-corrected chi connectivity index (χ4v) is 3.67. The molecule has 2 heterocycles. The van der Waals surface area contributed by atoms with Crippen LogP contribution in [0.25, 0.3) is 0 Å². The van der Waals surface area contributed by atoms with Crippen LogP contribution in [0, 0.1) is 12.8 Å². The number of hydrogen-bond acceptors (Lipinski definition) is 4. The highest BCUT2D eigenvalue weighted by Crippen LogP contribution is 2.31. The molecule has 0 unspecified atom stereocenters. The van der Waals surface area contributed by atoms with E-state index in [4.69, 9.17) is 0 Å². The second-order valence-electron chi connectivity index (χ2n) is 7.92. The lowest BCUT2D eigenvalue weighted by Gasteiger charge is -2.22. The van der Waals surface area contributed by atoms with Gasteiger partial charge in [-0.25, -0.2) is 4.98 Å². The number of aryl methyl sites for hydroxylation is 2. The first-order valence-corrected chi connectivity index (χ1v) is 9.94. The number of nitrogens with zero attached hydrogens (tertiary/aromatic N) is 3. The molecule has 2 N–H and O–H groups in total. The standard InChI is InChI=1S/C21H29N5O2/c1-14(2)11-19(27)23-17-12-18(21-22-15(3)24-25-21)26(13-17)20(28)10-9-16-7-5-4-6-8-16/h4-8,14,17-18H,9-13H2,1-3H3,(H,23,27)(H,22,24,25)/t17-,18-/m0/s1. The lowest BCUT2D eigenvalue weighted by atomic mass is 10.1. The highest BCUT2D eigenvalue weighted by Gasteiger charge is 2.38. The van der Waals surface area contributed by atoms with Gasteiger partial charge in [0, 0.05) is 25.4 Å². The molecule has 1 fully saturated rings. The molecule has 1 aliphatic heterocycles. The zero-order chi connectivity index (χ0) is 20.1. The van der Waals surface area contributed by atoms with E-state index < -0.39 is 0 Å². The average molecular weight is 383 g/mol. The van der Waals surface area contributed by atoms with E-state index in [9.17, 15) is 9.59 Å². The van der Waals surface area contributed by atoms with Gasteiger partial charge in [0.05, 0.1) is 6.04 Å². The Morgan fingerprint density at radius 3 is 2.68 bits per heavy atom. The number of nitrogens with one attached hydrogen (secondary N) is 2. The van der Waals surface area contributed by atoms with Crippen LogP contribution in [0.15, 0.2) is 30.3 Å². The zero-order valence-electron chi connectivity index (χ0n) is 16.8. The van der Waals surface area contributed by atoms with Gasteiger partial charge in [0.25, 0.3) is 0 Å². The van der Waals surface area contributed by atoms with Crippen LogP contribution in [0.5, 0.6) is 0 Å². The molecule has 0 spiro atoms. The Morgan fingerprint density at radius 1 is 1.29 bits per heavy atom. The summed E-state index contributed by atoms with van der Waals surface area (Å²) in [4.78, 5) is 31.4. The third kappa shape index (κ3) is 5.18. The minimum atomic E-state index is -0.211. The van der Waals surface area contributed by atoms with E-state index in [2.05, 4.69) is 20.5 Å². The van der Waals surface area contributed by atoms with E-state index in [0.29, 0.717) is 44.0 Å². The molecule has 0 bridgehead atoms. The summed E-state index contributed by atoms with van der Waals surface area (Å²) in [5.74, 6) is 1.74. The smallest absolute Gasteiger partial charge is 0.223 e. The maximum atomic E-state index is 13.0. The van der Waals surface area contributed by atoms with Gasteiger partial charge in [-0.2, -0.15) is 5.10 Å². The Hall–Kier alpha value is -2.70. The van der Waals surface area contributed by atoms with Gasteiger partial charge in [-0.3, -0.25) is 14.7 Å². The first-order valence-electron chi connectivity index (χ1n) is 9.94. The van der Waals surface area contributed by atoms with Crippen LogP contribution in [0.1, 0.15) is 56.4 Å². The van der Waals surface area contributed by atoms with Crippen LogP contribution in [0.4, 0.5) is 0 Å². The Labute approximate surface area is 165 Å². The van der Waals surface area contributed by atoms with E-state index in [1.165, 1.54) is 0 Å². The predicted molar refractivity (Wildman–Crippen MR) is 106 cm³/mol. The summed E-state index contributed by atoms with van der Waals surface area (Å²) in [5, 5.41) is 10.2. The van der Waals surface area contributed by atoms with Crippen LogP contribution in [0.3, 0.4) is 0 Å². The second kappa shape index (κ2) is 8.99. The first kappa shape index (κ1) is 20.0. The van der Waals surface area contributed by atoms with Gasteiger partial charge < -0.3 is 10.2 Å². The summed E-state index contributed by atoms with van der Waals surface area (Å²) in [6, 6.07) is 9.71. The van der Waals surface area contributed by atoms with Gasteiger partial charge in [-0.1, -0.05) is 44.2 Å². The molecule has 2 atom stereocenters. The molecular weight excluding hydrogens is 354 g/mol. The molecule has 1 aromatic carbocycles. The van der Waals surface area contributed by atoms with E-state index in [0.717, 1.165) is 11.4 Å². The van der Waals surface area contributed by atoms with Gasteiger partial charge in [0.2, 0.25) is 11.8 Å². The third-order valence-electron chi connectivity index (χ3n) is 4.96. The lowest BCUT2D eigenvalue weighted by Crippen LogP contribution is -2.39.